The Morgan fingerprint density at radius 3 is 2.65 bits per heavy atom. The maximum absolute atomic E-state index is 6.12. The fourth-order valence-corrected chi connectivity index (χ4v) is 4.39. The molecule has 1 fully saturated rings. The van der Waals surface area contributed by atoms with Crippen molar-refractivity contribution in [3.05, 3.63) is 71.3 Å². The van der Waals surface area contributed by atoms with Crippen molar-refractivity contribution in [1.29, 1.82) is 0 Å². The number of fused-ring (bicyclic) bond motifs is 1. The number of nitrogens with one attached hydrogen (secondary N) is 1. The highest BCUT2D eigenvalue weighted by Gasteiger charge is 2.19. The van der Waals surface area contributed by atoms with Crippen molar-refractivity contribution >= 4 is 11.5 Å². The summed E-state index contributed by atoms with van der Waals surface area (Å²) in [6.45, 7) is 4.92. The maximum Gasteiger partial charge on any atom is 0.336 e. The third kappa shape index (κ3) is 4.94. The molecular formula is C25H29N7O2. The van der Waals surface area contributed by atoms with Gasteiger partial charge in [0.2, 0.25) is 0 Å². The number of para-hydroxylation sites is 1. The summed E-state index contributed by atoms with van der Waals surface area (Å²) in [6, 6.07) is 12.0. The lowest BCUT2D eigenvalue weighted by molar-refractivity contribution is 0.204. The minimum absolute atomic E-state index is 0.191. The van der Waals surface area contributed by atoms with Gasteiger partial charge < -0.3 is 20.5 Å². The molecule has 3 N–H and O–H groups in total. The molecule has 9 heteroatoms. The molecule has 0 bridgehead atoms. The van der Waals surface area contributed by atoms with Crippen molar-refractivity contribution in [1.82, 2.24) is 29.9 Å². The van der Waals surface area contributed by atoms with E-state index in [1.54, 1.807) is 10.7 Å². The molecule has 176 valence electrons. The normalized spacial score (nSPS) is 14.4. The number of anilines is 1. The van der Waals surface area contributed by atoms with E-state index >= 15 is 0 Å². The van der Waals surface area contributed by atoms with E-state index in [0.717, 1.165) is 42.9 Å². The zero-order valence-electron chi connectivity index (χ0n) is 19.3. The monoisotopic (exact) mass is 459 g/mol. The van der Waals surface area contributed by atoms with Gasteiger partial charge in [0, 0.05) is 24.2 Å². The first-order chi connectivity index (χ1) is 16.7. The van der Waals surface area contributed by atoms with Crippen LogP contribution in [0.5, 0.6) is 11.8 Å². The van der Waals surface area contributed by atoms with Crippen LogP contribution in [0, 0.1) is 6.92 Å². The molecule has 34 heavy (non-hydrogen) atoms. The smallest absolute Gasteiger partial charge is 0.336 e. The Hall–Kier alpha value is -3.72. The lowest BCUT2D eigenvalue weighted by atomic mass is 9.91. The molecule has 1 aromatic carbocycles. The first-order valence-electron chi connectivity index (χ1n) is 11.6. The fraction of sp³-hybridized carbons (Fsp3) is 0.360. The van der Waals surface area contributed by atoms with Crippen LogP contribution in [-0.2, 0) is 6.42 Å². The Balaban J connectivity index is 1.28. The summed E-state index contributed by atoms with van der Waals surface area (Å²) < 4.78 is 13.1. The van der Waals surface area contributed by atoms with Crippen LogP contribution in [0.2, 0.25) is 0 Å². The van der Waals surface area contributed by atoms with Gasteiger partial charge >= 0.3 is 6.01 Å². The van der Waals surface area contributed by atoms with E-state index in [0.29, 0.717) is 31.2 Å². The number of hydrogen-bond acceptors (Lipinski definition) is 8. The number of nitrogens with zero attached hydrogens (tertiary/aromatic N) is 5. The van der Waals surface area contributed by atoms with Crippen LogP contribution in [0.25, 0.3) is 5.65 Å². The lowest BCUT2D eigenvalue weighted by Gasteiger charge is -2.23. The molecule has 4 heterocycles. The van der Waals surface area contributed by atoms with Crippen LogP contribution < -0.4 is 20.5 Å². The van der Waals surface area contributed by atoms with E-state index in [1.165, 1.54) is 11.3 Å². The molecule has 4 aromatic rings. The number of aryl methyl sites for hydroxylation is 1. The number of pyridine rings is 1. The summed E-state index contributed by atoms with van der Waals surface area (Å²) in [6.07, 6.45) is 6.64. The molecule has 0 spiro atoms. The molecule has 5 rings (SSSR count). The number of hydrogen-bond donors (Lipinski definition) is 2. The highest BCUT2D eigenvalue weighted by Crippen LogP contribution is 2.27. The zero-order valence-corrected chi connectivity index (χ0v) is 19.3. The van der Waals surface area contributed by atoms with Crippen LogP contribution in [0.3, 0.4) is 0 Å². The van der Waals surface area contributed by atoms with E-state index in [1.807, 2.05) is 36.5 Å². The molecule has 0 unspecified atom stereocenters. The number of aromatic nitrogens is 5. The fourth-order valence-electron chi connectivity index (χ4n) is 4.39. The average Bonchev–Trinajstić information content (AvgIpc) is 3.26. The molecule has 0 saturated carbocycles. The van der Waals surface area contributed by atoms with Crippen LogP contribution in [-0.4, -0.2) is 50.9 Å². The predicted octanol–water partition coefficient (Wildman–Crippen LogP) is 2.93. The first-order valence-corrected chi connectivity index (χ1v) is 11.6. The third-order valence-electron chi connectivity index (χ3n) is 6.05. The Morgan fingerprint density at radius 1 is 1.06 bits per heavy atom. The standard InChI is InChI=1S/C25H29N7O2/c1-17-13-18(15-28-22(17)19-7-9-27-10-8-19)14-20-16-29-24-23(26)30-25(31-32(20)24)34-12-11-33-21-5-3-2-4-6-21/h2-6,13,15-16,19,27H,7-12,14H2,1H3,(H2,26,30,31). The van der Waals surface area contributed by atoms with Crippen molar-refractivity contribution in [2.24, 2.45) is 0 Å². The van der Waals surface area contributed by atoms with Gasteiger partial charge in [-0.25, -0.2) is 9.50 Å². The number of ether oxygens (including phenoxy) is 2. The molecule has 3 aromatic heterocycles. The van der Waals surface area contributed by atoms with Crippen LogP contribution in [0.4, 0.5) is 5.82 Å². The van der Waals surface area contributed by atoms with E-state index in [2.05, 4.69) is 33.4 Å². The van der Waals surface area contributed by atoms with Crippen LogP contribution >= 0.6 is 0 Å². The molecule has 9 nitrogen and oxygen atoms in total. The summed E-state index contributed by atoms with van der Waals surface area (Å²) in [4.78, 5) is 13.5. The molecular weight excluding hydrogens is 430 g/mol. The second kappa shape index (κ2) is 10.0. The lowest BCUT2D eigenvalue weighted by Crippen LogP contribution is -2.27. The summed E-state index contributed by atoms with van der Waals surface area (Å²) >= 11 is 0. The quantitative estimate of drug-likeness (QED) is 0.387. The predicted molar refractivity (Wildman–Crippen MR) is 129 cm³/mol. The summed E-state index contributed by atoms with van der Waals surface area (Å²) in [5, 5.41) is 7.93. The number of nitrogens with two attached hydrogens (primary N) is 1. The molecule has 0 radical (unpaired) electrons. The number of nitrogen functional groups attached to an aromatic ring is 1. The second-order valence-corrected chi connectivity index (χ2v) is 8.52. The molecule has 1 aliphatic rings. The molecule has 1 saturated heterocycles. The topological polar surface area (TPSA) is 112 Å². The Bertz CT molecular complexity index is 1250. The number of imidazole rings is 1. The van der Waals surface area contributed by atoms with Gasteiger partial charge in [0.1, 0.15) is 19.0 Å². The van der Waals surface area contributed by atoms with Gasteiger partial charge in [-0.05, 0) is 56.1 Å². The minimum atomic E-state index is 0.191. The number of piperidine rings is 1. The molecule has 0 amide bonds. The number of rotatable bonds is 8. The van der Waals surface area contributed by atoms with Gasteiger partial charge in [-0.1, -0.05) is 24.3 Å². The van der Waals surface area contributed by atoms with Crippen molar-refractivity contribution in [2.45, 2.75) is 32.1 Å². The van der Waals surface area contributed by atoms with Crippen molar-refractivity contribution in [2.75, 3.05) is 32.0 Å². The highest BCUT2D eigenvalue weighted by molar-refractivity contribution is 5.59. The van der Waals surface area contributed by atoms with Crippen LogP contribution in [0.15, 0.2) is 48.8 Å². The van der Waals surface area contributed by atoms with Crippen LogP contribution in [0.1, 0.15) is 41.3 Å². The summed E-state index contributed by atoms with van der Waals surface area (Å²) in [5.41, 5.74) is 11.1. The first kappa shape index (κ1) is 22.1. The van der Waals surface area contributed by atoms with E-state index in [-0.39, 0.29) is 11.8 Å². The van der Waals surface area contributed by atoms with Gasteiger partial charge in [0.15, 0.2) is 11.5 Å². The summed E-state index contributed by atoms with van der Waals surface area (Å²) in [7, 11) is 0. The summed E-state index contributed by atoms with van der Waals surface area (Å²) in [5.74, 6) is 1.59. The van der Waals surface area contributed by atoms with E-state index in [9.17, 15) is 0 Å². The number of benzene rings is 1. The minimum Gasteiger partial charge on any atom is -0.490 e. The largest absolute Gasteiger partial charge is 0.490 e. The average molecular weight is 460 g/mol. The van der Waals surface area contributed by atoms with Gasteiger partial charge in [-0.2, -0.15) is 4.98 Å². The van der Waals surface area contributed by atoms with Crippen molar-refractivity contribution in [3.8, 4) is 11.8 Å². The Labute approximate surface area is 198 Å². The Morgan fingerprint density at radius 2 is 1.85 bits per heavy atom. The molecule has 0 aliphatic carbocycles. The zero-order chi connectivity index (χ0) is 23.3. The van der Waals surface area contributed by atoms with Gasteiger partial charge in [-0.3, -0.25) is 4.98 Å². The molecule has 1 aliphatic heterocycles. The van der Waals surface area contributed by atoms with Gasteiger partial charge in [0.25, 0.3) is 0 Å². The van der Waals surface area contributed by atoms with Crippen molar-refractivity contribution in [3.63, 3.8) is 0 Å². The van der Waals surface area contributed by atoms with Gasteiger partial charge in [0.05, 0.1) is 11.9 Å². The van der Waals surface area contributed by atoms with E-state index in [4.69, 9.17) is 20.2 Å². The van der Waals surface area contributed by atoms with Crippen molar-refractivity contribution < 1.29 is 9.47 Å². The second-order valence-electron chi connectivity index (χ2n) is 8.52. The highest BCUT2D eigenvalue weighted by atomic mass is 16.5. The van der Waals surface area contributed by atoms with Gasteiger partial charge in [-0.15, -0.1) is 5.10 Å². The third-order valence-corrected chi connectivity index (χ3v) is 6.05. The maximum atomic E-state index is 6.12. The molecule has 0 atom stereocenters. The van der Waals surface area contributed by atoms with E-state index < -0.39 is 0 Å². The Kier molecular flexibility index (Phi) is 6.53. The SMILES string of the molecule is Cc1cc(Cc2cnc3c(N)nc(OCCOc4ccccc4)nn23)cnc1C1CCNCC1.